The Labute approximate surface area is 113 Å². The van der Waals surface area contributed by atoms with Crippen LogP contribution in [0.1, 0.15) is 51.2 Å². The van der Waals surface area contributed by atoms with Crippen molar-refractivity contribution in [3.05, 3.63) is 29.1 Å². The molecule has 0 heterocycles. The highest BCUT2D eigenvalue weighted by molar-refractivity contribution is 5.69. The number of aliphatic carboxylic acids is 1. The third-order valence-electron chi connectivity index (χ3n) is 3.23. The standard InChI is InChI=1S/C15H21FO3/c1-9(2)14-11(15(3,4)8-13(17)18)6-10(16)7-12(14)19-5/h6-7,9H,8H2,1-5H3,(H,17,18). The molecule has 1 N–H and O–H groups in total. The van der Waals surface area contributed by atoms with Gasteiger partial charge in [0.2, 0.25) is 0 Å². The third kappa shape index (κ3) is 3.46. The lowest BCUT2D eigenvalue weighted by Crippen LogP contribution is -2.24. The Balaban J connectivity index is 3.48. The highest BCUT2D eigenvalue weighted by Crippen LogP contribution is 2.39. The molecule has 0 aliphatic carbocycles. The van der Waals surface area contributed by atoms with E-state index < -0.39 is 17.2 Å². The van der Waals surface area contributed by atoms with Crippen LogP contribution in [0.3, 0.4) is 0 Å². The fourth-order valence-corrected chi connectivity index (χ4v) is 2.39. The van der Waals surface area contributed by atoms with E-state index in [1.54, 1.807) is 13.8 Å². The van der Waals surface area contributed by atoms with Gasteiger partial charge in [-0.2, -0.15) is 0 Å². The van der Waals surface area contributed by atoms with Crippen LogP contribution in [0.25, 0.3) is 0 Å². The number of hydrogen-bond donors (Lipinski definition) is 1. The number of carboxylic acids is 1. The van der Waals surface area contributed by atoms with E-state index >= 15 is 0 Å². The van der Waals surface area contributed by atoms with Crippen molar-refractivity contribution in [3.63, 3.8) is 0 Å². The molecule has 0 amide bonds. The van der Waals surface area contributed by atoms with Crippen molar-refractivity contribution < 1.29 is 19.0 Å². The fourth-order valence-electron chi connectivity index (χ4n) is 2.39. The van der Waals surface area contributed by atoms with Crippen molar-refractivity contribution in [2.75, 3.05) is 7.11 Å². The summed E-state index contributed by atoms with van der Waals surface area (Å²) >= 11 is 0. The maximum atomic E-state index is 13.7. The highest BCUT2D eigenvalue weighted by Gasteiger charge is 2.30. The highest BCUT2D eigenvalue weighted by atomic mass is 19.1. The molecule has 0 saturated carbocycles. The normalized spacial score (nSPS) is 11.7. The number of carboxylic acid groups (broad SMARTS) is 1. The average Bonchev–Trinajstić information content (AvgIpc) is 2.25. The first kappa shape index (κ1) is 15.5. The molecular formula is C15H21FO3. The molecule has 0 aliphatic heterocycles. The van der Waals surface area contributed by atoms with Gasteiger partial charge >= 0.3 is 5.97 Å². The van der Waals surface area contributed by atoms with Gasteiger partial charge in [0.05, 0.1) is 13.5 Å². The topological polar surface area (TPSA) is 46.5 Å². The molecule has 0 bridgehead atoms. The lowest BCUT2D eigenvalue weighted by atomic mass is 9.76. The Hall–Kier alpha value is -1.58. The van der Waals surface area contributed by atoms with Gasteiger partial charge in [-0.15, -0.1) is 0 Å². The van der Waals surface area contributed by atoms with Gasteiger partial charge in [0.15, 0.2) is 0 Å². The zero-order valence-electron chi connectivity index (χ0n) is 12.1. The Morgan fingerprint density at radius 1 is 1.42 bits per heavy atom. The van der Waals surface area contributed by atoms with Crippen molar-refractivity contribution in [1.29, 1.82) is 0 Å². The summed E-state index contributed by atoms with van der Waals surface area (Å²) in [4.78, 5) is 11.0. The monoisotopic (exact) mass is 268 g/mol. The summed E-state index contributed by atoms with van der Waals surface area (Å²) in [6.07, 6.45) is -0.0562. The summed E-state index contributed by atoms with van der Waals surface area (Å²) in [6, 6.07) is 2.76. The lowest BCUT2D eigenvalue weighted by molar-refractivity contribution is -0.138. The number of ether oxygens (including phenoxy) is 1. The average molecular weight is 268 g/mol. The van der Waals surface area contributed by atoms with E-state index in [9.17, 15) is 9.18 Å². The minimum Gasteiger partial charge on any atom is -0.496 e. The van der Waals surface area contributed by atoms with Gasteiger partial charge in [-0.3, -0.25) is 4.79 Å². The van der Waals surface area contributed by atoms with Crippen molar-refractivity contribution >= 4 is 5.97 Å². The SMILES string of the molecule is COc1cc(F)cc(C(C)(C)CC(=O)O)c1C(C)C. The largest absolute Gasteiger partial charge is 0.496 e. The summed E-state index contributed by atoms with van der Waals surface area (Å²) in [5.41, 5.74) is 0.915. The van der Waals surface area contributed by atoms with Crippen LogP contribution in [-0.2, 0) is 10.2 Å². The number of methoxy groups -OCH3 is 1. The summed E-state index contributed by atoms with van der Waals surface area (Å²) in [6.45, 7) is 7.58. The number of hydrogen-bond acceptors (Lipinski definition) is 2. The number of rotatable bonds is 5. The van der Waals surface area contributed by atoms with Crippen LogP contribution in [0.5, 0.6) is 5.75 Å². The molecule has 0 aromatic heterocycles. The van der Waals surface area contributed by atoms with Gasteiger partial charge in [0.25, 0.3) is 0 Å². The Morgan fingerprint density at radius 2 is 2.00 bits per heavy atom. The van der Waals surface area contributed by atoms with E-state index in [0.717, 1.165) is 5.56 Å². The fraction of sp³-hybridized carbons (Fsp3) is 0.533. The van der Waals surface area contributed by atoms with Gasteiger partial charge in [0, 0.05) is 17.0 Å². The maximum Gasteiger partial charge on any atom is 0.304 e. The van der Waals surface area contributed by atoms with Crippen LogP contribution in [0, 0.1) is 5.82 Å². The van der Waals surface area contributed by atoms with E-state index in [2.05, 4.69) is 0 Å². The quantitative estimate of drug-likeness (QED) is 0.885. The minimum atomic E-state index is -0.900. The summed E-state index contributed by atoms with van der Waals surface area (Å²) in [5.74, 6) is -0.709. The number of benzene rings is 1. The second kappa shape index (κ2) is 5.59. The molecule has 1 aromatic carbocycles. The molecule has 1 aromatic rings. The van der Waals surface area contributed by atoms with E-state index in [4.69, 9.17) is 9.84 Å². The Morgan fingerprint density at radius 3 is 2.42 bits per heavy atom. The first-order valence-electron chi connectivity index (χ1n) is 6.28. The van der Waals surface area contributed by atoms with Crippen LogP contribution < -0.4 is 4.74 Å². The van der Waals surface area contributed by atoms with E-state index in [-0.39, 0.29) is 12.3 Å². The van der Waals surface area contributed by atoms with E-state index in [0.29, 0.717) is 11.3 Å². The first-order chi connectivity index (χ1) is 8.69. The molecule has 106 valence electrons. The van der Waals surface area contributed by atoms with Gasteiger partial charge < -0.3 is 9.84 Å². The molecule has 19 heavy (non-hydrogen) atoms. The molecule has 4 heteroatoms. The first-order valence-corrected chi connectivity index (χ1v) is 6.28. The number of halogens is 1. The predicted octanol–water partition coefficient (Wildman–Crippen LogP) is 3.71. The van der Waals surface area contributed by atoms with Gasteiger partial charge in [-0.25, -0.2) is 4.39 Å². The molecule has 1 rings (SSSR count). The molecule has 0 atom stereocenters. The summed E-state index contributed by atoms with van der Waals surface area (Å²) in [7, 11) is 1.49. The van der Waals surface area contributed by atoms with Crippen LogP contribution in [0.2, 0.25) is 0 Å². The molecule has 3 nitrogen and oxygen atoms in total. The van der Waals surface area contributed by atoms with Gasteiger partial charge in [-0.05, 0) is 17.5 Å². The molecule has 0 fully saturated rings. The van der Waals surface area contributed by atoms with Crippen LogP contribution in [0.4, 0.5) is 4.39 Å². The summed E-state index contributed by atoms with van der Waals surface area (Å²) in [5, 5.41) is 9.01. The second-order valence-electron chi connectivity index (χ2n) is 5.68. The molecule has 0 saturated heterocycles. The molecule has 0 aliphatic rings. The summed E-state index contributed by atoms with van der Waals surface area (Å²) < 4.78 is 18.9. The Bertz CT molecular complexity index is 479. The molecule has 0 spiro atoms. The van der Waals surface area contributed by atoms with Gasteiger partial charge in [0.1, 0.15) is 11.6 Å². The van der Waals surface area contributed by atoms with E-state index in [1.807, 2.05) is 13.8 Å². The molecule has 0 unspecified atom stereocenters. The molecule has 0 radical (unpaired) electrons. The van der Waals surface area contributed by atoms with Crippen molar-refractivity contribution in [2.24, 2.45) is 0 Å². The molecular weight excluding hydrogens is 247 g/mol. The van der Waals surface area contributed by atoms with Gasteiger partial charge in [-0.1, -0.05) is 27.7 Å². The van der Waals surface area contributed by atoms with Crippen LogP contribution in [-0.4, -0.2) is 18.2 Å². The van der Waals surface area contributed by atoms with E-state index in [1.165, 1.54) is 19.2 Å². The zero-order chi connectivity index (χ0) is 14.8. The van der Waals surface area contributed by atoms with Crippen LogP contribution in [0.15, 0.2) is 12.1 Å². The smallest absolute Gasteiger partial charge is 0.304 e. The van der Waals surface area contributed by atoms with Crippen LogP contribution >= 0.6 is 0 Å². The third-order valence-corrected chi connectivity index (χ3v) is 3.23. The maximum absolute atomic E-state index is 13.7. The van der Waals surface area contributed by atoms with Crippen molar-refractivity contribution in [2.45, 2.75) is 45.4 Å². The van der Waals surface area contributed by atoms with Crippen molar-refractivity contribution in [1.82, 2.24) is 0 Å². The van der Waals surface area contributed by atoms with Crippen molar-refractivity contribution in [3.8, 4) is 5.75 Å². The second-order valence-corrected chi connectivity index (χ2v) is 5.68. The minimum absolute atomic E-state index is 0.0562. The predicted molar refractivity (Wildman–Crippen MR) is 72.3 cm³/mol. The number of carbonyl (C=O) groups is 1. The lowest BCUT2D eigenvalue weighted by Gasteiger charge is -2.29. The Kier molecular flexibility index (Phi) is 4.56. The zero-order valence-corrected chi connectivity index (χ0v) is 12.1.